The van der Waals surface area contributed by atoms with E-state index in [1.54, 1.807) is 10.7 Å². The van der Waals surface area contributed by atoms with Crippen LogP contribution in [0, 0.1) is 0 Å². The van der Waals surface area contributed by atoms with Crippen LogP contribution < -0.4 is 10.9 Å². The minimum absolute atomic E-state index is 0.0666. The van der Waals surface area contributed by atoms with Crippen LogP contribution in [-0.2, 0) is 26.6 Å². The molecule has 18 heavy (non-hydrogen) atoms. The van der Waals surface area contributed by atoms with E-state index in [1.807, 2.05) is 19.3 Å². The average molecular weight is 245 g/mol. The molecule has 1 aliphatic rings. The van der Waals surface area contributed by atoms with Gasteiger partial charge in [0, 0.05) is 38.8 Å². The van der Waals surface area contributed by atoms with Crippen LogP contribution in [0.5, 0.6) is 0 Å². The molecule has 1 aliphatic heterocycles. The van der Waals surface area contributed by atoms with Gasteiger partial charge in [-0.3, -0.25) is 9.48 Å². The zero-order chi connectivity index (χ0) is 12.5. The monoisotopic (exact) mass is 245 g/mol. The summed E-state index contributed by atoms with van der Waals surface area (Å²) in [6.45, 7) is 2.09. The van der Waals surface area contributed by atoms with Crippen LogP contribution in [0.2, 0.25) is 0 Å². The third kappa shape index (κ3) is 2.06. The zero-order valence-corrected chi connectivity index (χ0v) is 10.3. The SMILES string of the molecule is Cn1ccc(Cn2nc3c(cc2=O)CNCC3)n1. The maximum absolute atomic E-state index is 11.9. The van der Waals surface area contributed by atoms with Gasteiger partial charge in [0.15, 0.2) is 0 Å². The van der Waals surface area contributed by atoms with Crippen LogP contribution in [0.3, 0.4) is 0 Å². The van der Waals surface area contributed by atoms with Gasteiger partial charge in [-0.1, -0.05) is 0 Å². The van der Waals surface area contributed by atoms with Gasteiger partial charge in [-0.15, -0.1) is 0 Å². The molecular weight excluding hydrogens is 230 g/mol. The Morgan fingerprint density at radius 1 is 1.44 bits per heavy atom. The largest absolute Gasteiger partial charge is 0.312 e. The minimum Gasteiger partial charge on any atom is -0.312 e. The van der Waals surface area contributed by atoms with Crippen molar-refractivity contribution in [1.82, 2.24) is 24.9 Å². The fourth-order valence-electron chi connectivity index (χ4n) is 2.17. The number of rotatable bonds is 2. The molecule has 0 saturated heterocycles. The Morgan fingerprint density at radius 3 is 3.11 bits per heavy atom. The molecular formula is C12H15N5O. The minimum atomic E-state index is -0.0666. The van der Waals surface area contributed by atoms with Gasteiger partial charge >= 0.3 is 0 Å². The Kier molecular flexibility index (Phi) is 2.71. The summed E-state index contributed by atoms with van der Waals surface area (Å²) < 4.78 is 3.22. The number of fused-ring (bicyclic) bond motifs is 1. The Balaban J connectivity index is 1.94. The highest BCUT2D eigenvalue weighted by atomic mass is 16.1. The van der Waals surface area contributed by atoms with E-state index in [2.05, 4.69) is 15.5 Å². The summed E-state index contributed by atoms with van der Waals surface area (Å²) in [5.74, 6) is 0. The Hall–Kier alpha value is -1.95. The highest BCUT2D eigenvalue weighted by molar-refractivity contribution is 5.20. The van der Waals surface area contributed by atoms with Crippen molar-refractivity contribution in [3.63, 3.8) is 0 Å². The highest BCUT2D eigenvalue weighted by Gasteiger charge is 2.13. The third-order valence-electron chi connectivity index (χ3n) is 3.10. The second kappa shape index (κ2) is 4.38. The molecule has 2 aromatic heterocycles. The smallest absolute Gasteiger partial charge is 0.267 e. The average Bonchev–Trinajstić information content (AvgIpc) is 2.76. The number of aryl methyl sites for hydroxylation is 1. The molecule has 0 bridgehead atoms. The predicted molar refractivity (Wildman–Crippen MR) is 66.2 cm³/mol. The first-order chi connectivity index (χ1) is 8.72. The van der Waals surface area contributed by atoms with E-state index < -0.39 is 0 Å². The third-order valence-corrected chi connectivity index (χ3v) is 3.10. The molecule has 6 nitrogen and oxygen atoms in total. The van der Waals surface area contributed by atoms with Gasteiger partial charge < -0.3 is 5.32 Å². The molecule has 6 heteroatoms. The van der Waals surface area contributed by atoms with Crippen molar-refractivity contribution < 1.29 is 0 Å². The van der Waals surface area contributed by atoms with Gasteiger partial charge in [0.2, 0.25) is 0 Å². The zero-order valence-electron chi connectivity index (χ0n) is 10.3. The van der Waals surface area contributed by atoms with Crippen LogP contribution >= 0.6 is 0 Å². The summed E-state index contributed by atoms with van der Waals surface area (Å²) in [5.41, 5.74) is 2.82. The van der Waals surface area contributed by atoms with Crippen molar-refractivity contribution in [3.05, 3.63) is 45.6 Å². The fourth-order valence-corrected chi connectivity index (χ4v) is 2.17. The molecule has 3 heterocycles. The first-order valence-electron chi connectivity index (χ1n) is 6.01. The number of aromatic nitrogens is 4. The lowest BCUT2D eigenvalue weighted by molar-refractivity contribution is 0.555. The summed E-state index contributed by atoms with van der Waals surface area (Å²) in [4.78, 5) is 11.9. The van der Waals surface area contributed by atoms with Crippen molar-refractivity contribution in [1.29, 1.82) is 0 Å². The van der Waals surface area contributed by atoms with Gasteiger partial charge in [-0.2, -0.15) is 10.2 Å². The van der Waals surface area contributed by atoms with E-state index in [0.29, 0.717) is 6.54 Å². The molecule has 0 amide bonds. The quantitative estimate of drug-likeness (QED) is 0.787. The van der Waals surface area contributed by atoms with Gasteiger partial charge in [-0.25, -0.2) is 4.68 Å². The van der Waals surface area contributed by atoms with Crippen LogP contribution in [0.25, 0.3) is 0 Å². The first kappa shape index (κ1) is 11.2. The van der Waals surface area contributed by atoms with Crippen LogP contribution in [0.15, 0.2) is 23.1 Å². The molecule has 0 saturated carbocycles. The maximum atomic E-state index is 11.9. The van der Waals surface area contributed by atoms with Crippen molar-refractivity contribution in [2.75, 3.05) is 6.54 Å². The molecule has 2 aromatic rings. The van der Waals surface area contributed by atoms with Crippen LogP contribution in [-0.4, -0.2) is 26.1 Å². The normalized spacial score (nSPS) is 14.5. The summed E-state index contributed by atoms with van der Waals surface area (Å²) >= 11 is 0. The lowest BCUT2D eigenvalue weighted by Gasteiger charge is -2.16. The summed E-state index contributed by atoms with van der Waals surface area (Å²) in [6.07, 6.45) is 2.74. The van der Waals surface area contributed by atoms with Crippen molar-refractivity contribution in [3.8, 4) is 0 Å². The summed E-state index contributed by atoms with van der Waals surface area (Å²) in [7, 11) is 1.86. The van der Waals surface area contributed by atoms with Gasteiger partial charge in [0.1, 0.15) is 0 Å². The van der Waals surface area contributed by atoms with Crippen molar-refractivity contribution in [2.45, 2.75) is 19.5 Å². The van der Waals surface area contributed by atoms with Gasteiger partial charge in [0.05, 0.1) is 17.9 Å². The van der Waals surface area contributed by atoms with E-state index in [0.717, 1.165) is 36.5 Å². The molecule has 0 radical (unpaired) electrons. The van der Waals surface area contributed by atoms with E-state index >= 15 is 0 Å². The van der Waals surface area contributed by atoms with Gasteiger partial charge in [0.25, 0.3) is 5.56 Å². The van der Waals surface area contributed by atoms with E-state index in [4.69, 9.17) is 0 Å². The molecule has 0 aromatic carbocycles. The standard InChI is InChI=1S/C12H15N5O/c1-16-5-3-10(14-16)8-17-12(18)6-9-7-13-4-2-11(9)15-17/h3,5-6,13H,2,4,7-8H2,1H3. The number of hydrogen-bond acceptors (Lipinski definition) is 4. The van der Waals surface area contributed by atoms with E-state index in [1.165, 1.54) is 4.68 Å². The van der Waals surface area contributed by atoms with Crippen molar-refractivity contribution >= 4 is 0 Å². The lowest BCUT2D eigenvalue weighted by atomic mass is 10.1. The summed E-state index contributed by atoms with van der Waals surface area (Å²) in [5, 5.41) is 11.9. The maximum Gasteiger partial charge on any atom is 0.267 e. The van der Waals surface area contributed by atoms with Crippen molar-refractivity contribution in [2.24, 2.45) is 7.05 Å². The second-order valence-electron chi connectivity index (χ2n) is 4.52. The number of nitrogens with one attached hydrogen (secondary N) is 1. The Morgan fingerprint density at radius 2 is 2.33 bits per heavy atom. The molecule has 0 atom stereocenters. The summed E-state index contributed by atoms with van der Waals surface area (Å²) in [6, 6.07) is 3.58. The fraction of sp³-hybridized carbons (Fsp3) is 0.417. The molecule has 0 aliphatic carbocycles. The Labute approximate surface area is 104 Å². The highest BCUT2D eigenvalue weighted by Crippen LogP contribution is 2.08. The number of nitrogens with zero attached hydrogens (tertiary/aromatic N) is 4. The lowest BCUT2D eigenvalue weighted by Crippen LogP contribution is -2.32. The molecule has 94 valence electrons. The van der Waals surface area contributed by atoms with Crippen LogP contribution in [0.1, 0.15) is 17.0 Å². The Bertz CT molecular complexity index is 628. The molecule has 3 rings (SSSR count). The van der Waals surface area contributed by atoms with E-state index in [9.17, 15) is 4.79 Å². The topological polar surface area (TPSA) is 64.7 Å². The molecule has 0 spiro atoms. The molecule has 1 N–H and O–H groups in total. The molecule has 0 unspecified atom stereocenters. The van der Waals surface area contributed by atoms with Gasteiger partial charge in [-0.05, 0) is 11.6 Å². The first-order valence-corrected chi connectivity index (χ1v) is 6.01. The molecule has 0 fully saturated rings. The van der Waals surface area contributed by atoms with E-state index in [-0.39, 0.29) is 5.56 Å². The van der Waals surface area contributed by atoms with Crippen LogP contribution in [0.4, 0.5) is 0 Å². The number of hydrogen-bond donors (Lipinski definition) is 1. The second-order valence-corrected chi connectivity index (χ2v) is 4.52. The predicted octanol–water partition coefficient (Wildman–Crippen LogP) is -0.329.